The number of hydrogen-bond donors (Lipinski definition) is 2. The second-order valence-corrected chi connectivity index (χ2v) is 5.43. The number of pyridine rings is 1. The number of aromatic nitrogens is 2. The number of carbonyl (C=O) groups is 1. The van der Waals surface area contributed by atoms with Gasteiger partial charge in [-0.3, -0.25) is 14.8 Å². The fraction of sp³-hybridized carbons (Fsp3) is 0.188. The Bertz CT molecular complexity index is 1020. The van der Waals surface area contributed by atoms with Crippen LogP contribution in [0.15, 0.2) is 45.6 Å². The van der Waals surface area contributed by atoms with Crippen molar-refractivity contribution in [3.05, 3.63) is 46.9 Å². The number of hydrogen-bond acceptors (Lipinski definition) is 6. The molecule has 3 rings (SSSR count). The Balaban J connectivity index is 1.91. The third-order valence-electron chi connectivity index (χ3n) is 3.62. The Morgan fingerprint density at radius 3 is 2.56 bits per heavy atom. The van der Waals surface area contributed by atoms with Gasteiger partial charge in [0.05, 0.1) is 5.69 Å². The molecule has 11 heteroatoms. The molecule has 0 radical (unpaired) electrons. The van der Waals surface area contributed by atoms with Crippen LogP contribution in [0.5, 0.6) is 5.75 Å². The summed E-state index contributed by atoms with van der Waals surface area (Å²) in [5, 5.41) is 0. The molecule has 0 aliphatic heterocycles. The van der Waals surface area contributed by atoms with Crippen molar-refractivity contribution >= 4 is 17.1 Å². The molecule has 1 aromatic carbocycles. The van der Waals surface area contributed by atoms with E-state index in [1.807, 2.05) is 5.43 Å². The normalized spacial score (nSPS) is 11.6. The van der Waals surface area contributed by atoms with Gasteiger partial charge in [0.25, 0.3) is 0 Å². The van der Waals surface area contributed by atoms with E-state index in [-0.39, 0.29) is 29.9 Å². The number of halogens is 3. The molecule has 0 saturated heterocycles. The van der Waals surface area contributed by atoms with Crippen LogP contribution < -0.4 is 21.8 Å². The molecule has 8 nitrogen and oxygen atoms in total. The first-order valence-corrected chi connectivity index (χ1v) is 7.63. The lowest BCUT2D eigenvalue weighted by Gasteiger charge is -2.09. The van der Waals surface area contributed by atoms with Crippen molar-refractivity contribution in [1.29, 1.82) is 0 Å². The summed E-state index contributed by atoms with van der Waals surface area (Å²) in [6, 6.07) is 8.19. The summed E-state index contributed by atoms with van der Waals surface area (Å²) in [5.41, 5.74) is 3.29. The van der Waals surface area contributed by atoms with E-state index in [0.29, 0.717) is 11.3 Å². The van der Waals surface area contributed by atoms with Gasteiger partial charge in [0.15, 0.2) is 11.2 Å². The van der Waals surface area contributed by atoms with Crippen molar-refractivity contribution in [2.75, 3.05) is 0 Å². The summed E-state index contributed by atoms with van der Waals surface area (Å²) >= 11 is 0. The smallest absolute Gasteiger partial charge is 0.406 e. The monoisotopic (exact) mass is 382 g/mol. The predicted octanol–water partition coefficient (Wildman–Crippen LogP) is 1.94. The van der Waals surface area contributed by atoms with E-state index in [1.165, 1.54) is 22.8 Å². The van der Waals surface area contributed by atoms with Gasteiger partial charge in [0.1, 0.15) is 5.75 Å². The van der Waals surface area contributed by atoms with Crippen LogP contribution in [-0.2, 0) is 11.3 Å². The summed E-state index contributed by atoms with van der Waals surface area (Å²) in [6.07, 6.45) is -4.83. The number of carbonyl (C=O) groups excluding carboxylic acids is 1. The number of fused-ring (bicyclic) bond motifs is 1. The minimum absolute atomic E-state index is 0.00365. The fourth-order valence-electron chi connectivity index (χ4n) is 2.42. The molecule has 3 N–H and O–H groups in total. The quantitative estimate of drug-likeness (QED) is 0.396. The maximum absolute atomic E-state index is 12.2. The van der Waals surface area contributed by atoms with Crippen molar-refractivity contribution in [3.8, 4) is 17.0 Å². The van der Waals surface area contributed by atoms with Gasteiger partial charge in [-0.05, 0) is 36.4 Å². The number of amides is 1. The van der Waals surface area contributed by atoms with Crippen LogP contribution in [0.3, 0.4) is 0 Å². The van der Waals surface area contributed by atoms with Crippen LogP contribution in [0.25, 0.3) is 22.5 Å². The van der Waals surface area contributed by atoms with Crippen molar-refractivity contribution in [1.82, 2.24) is 15.0 Å². The number of nitrogens with zero attached hydrogens (tertiary/aromatic N) is 2. The van der Waals surface area contributed by atoms with Gasteiger partial charge in [-0.1, -0.05) is 0 Å². The Morgan fingerprint density at radius 2 is 1.93 bits per heavy atom. The first kappa shape index (κ1) is 18.5. The molecule has 27 heavy (non-hydrogen) atoms. The molecule has 0 saturated carbocycles. The number of oxazole rings is 1. The second kappa shape index (κ2) is 7.11. The first-order valence-electron chi connectivity index (χ1n) is 7.63. The van der Waals surface area contributed by atoms with Gasteiger partial charge in [-0.25, -0.2) is 15.6 Å². The van der Waals surface area contributed by atoms with Gasteiger partial charge in [0.2, 0.25) is 5.91 Å². The number of nitrogens with one attached hydrogen (secondary N) is 1. The van der Waals surface area contributed by atoms with Crippen molar-refractivity contribution < 1.29 is 27.1 Å². The van der Waals surface area contributed by atoms with Crippen molar-refractivity contribution in [2.24, 2.45) is 5.84 Å². The maximum Gasteiger partial charge on any atom is 0.573 e. The lowest BCUT2D eigenvalue weighted by Crippen LogP contribution is -2.31. The molecule has 0 aliphatic carbocycles. The van der Waals surface area contributed by atoms with E-state index < -0.39 is 18.0 Å². The zero-order valence-corrected chi connectivity index (χ0v) is 13.6. The third kappa shape index (κ3) is 4.26. The number of nitrogens with two attached hydrogens (primary N) is 1. The highest BCUT2D eigenvalue weighted by molar-refractivity contribution is 5.76. The number of benzene rings is 1. The lowest BCUT2D eigenvalue weighted by atomic mass is 10.1. The van der Waals surface area contributed by atoms with E-state index >= 15 is 0 Å². The van der Waals surface area contributed by atoms with Crippen LogP contribution in [-0.4, -0.2) is 21.8 Å². The molecule has 0 spiro atoms. The van der Waals surface area contributed by atoms with E-state index in [4.69, 9.17) is 10.3 Å². The molecule has 0 atom stereocenters. The highest BCUT2D eigenvalue weighted by Crippen LogP contribution is 2.26. The molecule has 142 valence electrons. The fourth-order valence-corrected chi connectivity index (χ4v) is 2.42. The van der Waals surface area contributed by atoms with Crippen molar-refractivity contribution in [2.45, 2.75) is 19.3 Å². The highest BCUT2D eigenvalue weighted by atomic mass is 19.4. The molecular formula is C16H13F3N4O4. The molecule has 0 unspecified atom stereocenters. The van der Waals surface area contributed by atoms with Crippen LogP contribution >= 0.6 is 0 Å². The van der Waals surface area contributed by atoms with Crippen LogP contribution in [0.4, 0.5) is 13.2 Å². The zero-order valence-electron chi connectivity index (χ0n) is 13.6. The molecule has 2 heterocycles. The Morgan fingerprint density at radius 1 is 1.22 bits per heavy atom. The van der Waals surface area contributed by atoms with Crippen LogP contribution in [0.2, 0.25) is 0 Å². The SMILES string of the molecule is NNC(=O)CCn1c(=O)oc2ccc(-c3ccc(OC(F)(F)F)cc3)nc21. The third-order valence-corrected chi connectivity index (χ3v) is 3.62. The summed E-state index contributed by atoms with van der Waals surface area (Å²) in [6.45, 7) is 0.00365. The summed E-state index contributed by atoms with van der Waals surface area (Å²) in [4.78, 5) is 27.5. The standard InChI is InChI=1S/C16H13F3N4O4/c17-16(18,19)27-10-3-1-9(2-4-10)11-5-6-12-14(21-11)23(15(25)26-12)8-7-13(24)22-20/h1-6H,7-8,20H2,(H,22,24). The highest BCUT2D eigenvalue weighted by Gasteiger charge is 2.31. The van der Waals surface area contributed by atoms with Crippen LogP contribution in [0, 0.1) is 0 Å². The molecule has 2 aromatic heterocycles. The molecular weight excluding hydrogens is 369 g/mol. The van der Waals surface area contributed by atoms with Gasteiger partial charge in [-0.15, -0.1) is 13.2 Å². The van der Waals surface area contributed by atoms with Gasteiger partial charge in [-0.2, -0.15) is 0 Å². The minimum atomic E-state index is -4.78. The largest absolute Gasteiger partial charge is 0.573 e. The average molecular weight is 382 g/mol. The predicted molar refractivity (Wildman–Crippen MR) is 87.3 cm³/mol. The maximum atomic E-state index is 12.2. The number of rotatable bonds is 5. The Hall–Kier alpha value is -3.34. The van der Waals surface area contributed by atoms with E-state index in [2.05, 4.69) is 9.72 Å². The average Bonchev–Trinajstić information content (AvgIpc) is 2.93. The van der Waals surface area contributed by atoms with E-state index in [9.17, 15) is 22.8 Å². The van der Waals surface area contributed by atoms with Crippen molar-refractivity contribution in [3.63, 3.8) is 0 Å². The Kier molecular flexibility index (Phi) is 4.86. The van der Waals surface area contributed by atoms with E-state index in [0.717, 1.165) is 12.1 Å². The van der Waals surface area contributed by atoms with E-state index in [1.54, 1.807) is 6.07 Å². The molecule has 1 amide bonds. The summed E-state index contributed by atoms with van der Waals surface area (Å²) < 4.78 is 46.7. The Labute approximate surface area is 149 Å². The molecule has 3 aromatic rings. The molecule has 0 bridgehead atoms. The topological polar surface area (TPSA) is 112 Å². The lowest BCUT2D eigenvalue weighted by molar-refractivity contribution is -0.274. The summed E-state index contributed by atoms with van der Waals surface area (Å²) in [7, 11) is 0. The number of hydrazine groups is 1. The summed E-state index contributed by atoms with van der Waals surface area (Å²) in [5.74, 6) is 3.49. The minimum Gasteiger partial charge on any atom is -0.406 e. The molecule has 0 fully saturated rings. The first-order chi connectivity index (χ1) is 12.8. The molecule has 0 aliphatic rings. The zero-order chi connectivity index (χ0) is 19.6. The number of alkyl halides is 3. The number of ether oxygens (including phenoxy) is 1. The van der Waals surface area contributed by atoms with Gasteiger partial charge < -0.3 is 9.15 Å². The van der Waals surface area contributed by atoms with Crippen LogP contribution in [0.1, 0.15) is 6.42 Å². The number of aryl methyl sites for hydroxylation is 1. The second-order valence-electron chi connectivity index (χ2n) is 5.43. The van der Waals surface area contributed by atoms with Gasteiger partial charge >= 0.3 is 12.1 Å². The van der Waals surface area contributed by atoms with Gasteiger partial charge in [0, 0.05) is 18.5 Å².